The van der Waals surface area contributed by atoms with Crippen molar-refractivity contribution in [2.24, 2.45) is 23.7 Å². The van der Waals surface area contributed by atoms with Gasteiger partial charge in [0.05, 0.1) is 11.1 Å². The van der Waals surface area contributed by atoms with E-state index in [1.807, 2.05) is 0 Å². The van der Waals surface area contributed by atoms with Crippen molar-refractivity contribution in [3.05, 3.63) is 84.0 Å². The number of ether oxygens (including phenoxy) is 4. The Labute approximate surface area is 314 Å². The highest BCUT2D eigenvalue weighted by molar-refractivity contribution is 5.90. The minimum atomic E-state index is -0.630. The Bertz CT molecular complexity index is 1240. The molecule has 4 rings (SSSR count). The molecule has 0 aliphatic heterocycles. The molecule has 2 saturated carbocycles. The topological polar surface area (TPSA) is 71.1 Å². The second-order valence-corrected chi connectivity index (χ2v) is 15.3. The highest BCUT2D eigenvalue weighted by atomic mass is 16.6. The van der Waals surface area contributed by atoms with Gasteiger partial charge in [-0.2, -0.15) is 0 Å². The van der Waals surface area contributed by atoms with Crippen LogP contribution < -0.4 is 9.47 Å². The molecule has 0 amide bonds. The maximum atomic E-state index is 12.8. The molecular weight excluding hydrogens is 648 g/mol. The molecule has 0 aromatic heterocycles. The Hall–Kier alpha value is -3.54. The lowest BCUT2D eigenvalue weighted by Crippen LogP contribution is -2.30. The van der Waals surface area contributed by atoms with E-state index in [0.717, 1.165) is 11.8 Å². The standard InChI is InChI=1S/C46H66O6/c1-5-7-9-13-37-17-21-39(22-18-37)15-11-33-49-43-29-25-41(26-30-43)45(47)51-35(3)36(4)52-46(48)42-27-31-44(32-28-42)50-34-12-16-40-23-19-38(20-24-40)14-10-8-6-2/h11-12,15-16,25-32,35-40H,5-10,13-14,17-24,33-34H2,1-4H3/b15-11+,16-12+/t35-,36-,37?,38?,39?,40?/m1/s1. The first-order valence-electron chi connectivity index (χ1n) is 20.6. The van der Waals surface area contributed by atoms with E-state index in [0.29, 0.717) is 47.7 Å². The van der Waals surface area contributed by atoms with E-state index in [9.17, 15) is 9.59 Å². The van der Waals surface area contributed by atoms with Crippen molar-refractivity contribution in [3.63, 3.8) is 0 Å². The Balaban J connectivity index is 1.09. The summed E-state index contributed by atoms with van der Waals surface area (Å²) in [5, 5.41) is 0. The smallest absolute Gasteiger partial charge is 0.338 e. The molecule has 2 aliphatic carbocycles. The predicted octanol–water partition coefficient (Wildman–Crippen LogP) is 12.1. The van der Waals surface area contributed by atoms with Gasteiger partial charge < -0.3 is 18.9 Å². The molecule has 2 atom stereocenters. The van der Waals surface area contributed by atoms with Crippen molar-refractivity contribution in [1.29, 1.82) is 0 Å². The van der Waals surface area contributed by atoms with Crippen LogP contribution in [0, 0.1) is 23.7 Å². The summed E-state index contributed by atoms with van der Waals surface area (Å²) < 4.78 is 23.0. The van der Waals surface area contributed by atoms with Crippen LogP contribution in [0.3, 0.4) is 0 Å². The number of unbranched alkanes of at least 4 members (excludes halogenated alkanes) is 4. The summed E-state index contributed by atoms with van der Waals surface area (Å²) in [6, 6.07) is 13.9. The largest absolute Gasteiger partial charge is 0.490 e. The van der Waals surface area contributed by atoms with Gasteiger partial charge in [0.1, 0.15) is 36.9 Å². The van der Waals surface area contributed by atoms with Crippen LogP contribution in [0.5, 0.6) is 11.5 Å². The highest BCUT2D eigenvalue weighted by Crippen LogP contribution is 2.34. The number of carbonyl (C=O) groups is 2. The fourth-order valence-corrected chi connectivity index (χ4v) is 7.53. The van der Waals surface area contributed by atoms with Crippen LogP contribution >= 0.6 is 0 Å². The Kier molecular flexibility index (Phi) is 18.4. The van der Waals surface area contributed by atoms with Crippen molar-refractivity contribution >= 4 is 11.9 Å². The van der Waals surface area contributed by atoms with E-state index in [1.165, 1.54) is 103 Å². The van der Waals surface area contributed by atoms with Crippen molar-refractivity contribution in [1.82, 2.24) is 0 Å². The first kappa shape index (κ1) is 41.2. The summed E-state index contributed by atoms with van der Waals surface area (Å²) in [6.45, 7) is 9.01. The summed E-state index contributed by atoms with van der Waals surface area (Å²) >= 11 is 0. The maximum Gasteiger partial charge on any atom is 0.338 e. The molecule has 0 N–H and O–H groups in total. The van der Waals surface area contributed by atoms with Gasteiger partial charge in [-0.25, -0.2) is 9.59 Å². The molecule has 0 bridgehead atoms. The maximum absolute atomic E-state index is 12.8. The molecule has 0 spiro atoms. The fraction of sp³-hybridized carbons (Fsp3) is 0.609. The lowest BCUT2D eigenvalue weighted by molar-refractivity contribution is -0.0239. The van der Waals surface area contributed by atoms with E-state index in [4.69, 9.17) is 18.9 Å². The van der Waals surface area contributed by atoms with Crippen LogP contribution in [0.4, 0.5) is 0 Å². The van der Waals surface area contributed by atoms with Crippen LogP contribution in [-0.4, -0.2) is 37.4 Å². The highest BCUT2D eigenvalue weighted by Gasteiger charge is 2.23. The third-order valence-corrected chi connectivity index (χ3v) is 11.2. The molecule has 0 radical (unpaired) electrons. The summed E-state index contributed by atoms with van der Waals surface area (Å²) in [5.41, 5.74) is 0.833. The monoisotopic (exact) mass is 714 g/mol. The lowest BCUT2D eigenvalue weighted by Gasteiger charge is -2.26. The molecule has 0 saturated heterocycles. The molecule has 0 heterocycles. The lowest BCUT2D eigenvalue weighted by atomic mass is 9.79. The van der Waals surface area contributed by atoms with Gasteiger partial charge in [-0.3, -0.25) is 0 Å². The molecule has 286 valence electrons. The van der Waals surface area contributed by atoms with Crippen molar-refractivity contribution < 1.29 is 28.5 Å². The van der Waals surface area contributed by atoms with Gasteiger partial charge >= 0.3 is 11.9 Å². The van der Waals surface area contributed by atoms with Gasteiger partial charge in [-0.1, -0.05) is 89.5 Å². The summed E-state index contributed by atoms with van der Waals surface area (Å²) in [6.07, 6.45) is 29.0. The molecule has 2 aromatic rings. The number of benzene rings is 2. The SMILES string of the molecule is CCCCCC1CCC(/C=C/COc2ccc(C(=O)O[C@H](C)[C@@H](C)OC(=O)c3ccc(OC/C=C/C4CCC(CCCCC)CC4)cc3)cc2)CC1. The first-order valence-corrected chi connectivity index (χ1v) is 20.6. The van der Waals surface area contributed by atoms with Crippen LogP contribution in [0.1, 0.15) is 151 Å². The van der Waals surface area contributed by atoms with Gasteiger partial charge in [-0.15, -0.1) is 0 Å². The number of rotatable bonds is 21. The van der Waals surface area contributed by atoms with Gasteiger partial charge in [-0.05, 0) is 137 Å². The predicted molar refractivity (Wildman–Crippen MR) is 211 cm³/mol. The zero-order chi connectivity index (χ0) is 37.0. The van der Waals surface area contributed by atoms with Gasteiger partial charge in [0.2, 0.25) is 0 Å². The van der Waals surface area contributed by atoms with E-state index >= 15 is 0 Å². The van der Waals surface area contributed by atoms with Crippen molar-refractivity contribution in [2.75, 3.05) is 13.2 Å². The number of hydrogen-bond acceptors (Lipinski definition) is 6. The van der Waals surface area contributed by atoms with Crippen molar-refractivity contribution in [2.45, 2.75) is 143 Å². The first-order chi connectivity index (χ1) is 25.3. The molecule has 2 aromatic carbocycles. The number of carbonyl (C=O) groups excluding carboxylic acids is 2. The van der Waals surface area contributed by atoms with E-state index in [2.05, 4.69) is 38.2 Å². The quantitative estimate of drug-likeness (QED) is 0.0728. The number of hydrogen-bond donors (Lipinski definition) is 0. The van der Waals surface area contributed by atoms with Gasteiger partial charge in [0, 0.05) is 0 Å². The van der Waals surface area contributed by atoms with Crippen LogP contribution in [0.2, 0.25) is 0 Å². The summed E-state index contributed by atoms with van der Waals surface area (Å²) in [4.78, 5) is 25.6. The molecule has 52 heavy (non-hydrogen) atoms. The fourth-order valence-electron chi connectivity index (χ4n) is 7.53. The normalized spacial score (nSPS) is 21.8. The summed E-state index contributed by atoms with van der Waals surface area (Å²) in [5.74, 6) is 3.60. The van der Waals surface area contributed by atoms with Crippen LogP contribution in [0.15, 0.2) is 72.8 Å². The van der Waals surface area contributed by atoms with Gasteiger partial charge in [0.25, 0.3) is 0 Å². The molecule has 6 heteroatoms. The number of esters is 2. The number of allylic oxidation sites excluding steroid dienone is 2. The van der Waals surface area contributed by atoms with Crippen LogP contribution in [0.25, 0.3) is 0 Å². The second-order valence-electron chi connectivity index (χ2n) is 15.3. The third kappa shape index (κ3) is 14.8. The Morgan fingerprint density at radius 2 is 0.942 bits per heavy atom. The van der Waals surface area contributed by atoms with E-state index in [-0.39, 0.29) is 0 Å². The summed E-state index contributed by atoms with van der Waals surface area (Å²) in [7, 11) is 0. The Morgan fingerprint density at radius 1 is 0.577 bits per heavy atom. The average Bonchev–Trinajstić information content (AvgIpc) is 3.17. The van der Waals surface area contributed by atoms with E-state index in [1.54, 1.807) is 62.4 Å². The van der Waals surface area contributed by atoms with Crippen molar-refractivity contribution in [3.8, 4) is 11.5 Å². The molecule has 0 unspecified atom stereocenters. The zero-order valence-electron chi connectivity index (χ0n) is 32.6. The molecule has 6 nitrogen and oxygen atoms in total. The second kappa shape index (κ2) is 23.2. The Morgan fingerprint density at radius 3 is 1.29 bits per heavy atom. The minimum absolute atomic E-state index is 0.416. The molecule has 2 aliphatic rings. The zero-order valence-corrected chi connectivity index (χ0v) is 32.6. The third-order valence-electron chi connectivity index (χ3n) is 11.2. The van der Waals surface area contributed by atoms with E-state index < -0.39 is 24.1 Å². The minimum Gasteiger partial charge on any atom is -0.490 e. The van der Waals surface area contributed by atoms with Crippen LogP contribution in [-0.2, 0) is 9.47 Å². The van der Waals surface area contributed by atoms with Gasteiger partial charge in [0.15, 0.2) is 0 Å². The molecule has 2 fully saturated rings. The molecular formula is C46H66O6. The average molecular weight is 715 g/mol.